The Labute approximate surface area is 155 Å². The van der Waals surface area contributed by atoms with Crippen LogP contribution in [0.25, 0.3) is 0 Å². The zero-order chi connectivity index (χ0) is 19.6. The molecular formula is C17H11F3N2O4S. The predicted octanol–water partition coefficient (Wildman–Crippen LogP) is 3.20. The molecule has 1 aliphatic rings. The van der Waals surface area contributed by atoms with Gasteiger partial charge >= 0.3 is 6.36 Å². The zero-order valence-corrected chi connectivity index (χ0v) is 14.2. The SMILES string of the molecule is O=C(CSc1ccccc1OC(F)(F)F)Nc1ccc2c(c1)C(=O)NC2=O. The Morgan fingerprint density at radius 2 is 1.78 bits per heavy atom. The maximum atomic E-state index is 12.4. The number of thioether (sulfide) groups is 1. The zero-order valence-electron chi connectivity index (χ0n) is 13.4. The number of halogens is 3. The van der Waals surface area contributed by atoms with E-state index >= 15 is 0 Å². The lowest BCUT2D eigenvalue weighted by molar-refractivity contribution is -0.275. The van der Waals surface area contributed by atoms with Crippen LogP contribution in [0, 0.1) is 0 Å². The molecule has 0 atom stereocenters. The van der Waals surface area contributed by atoms with Crippen LogP contribution in [0.4, 0.5) is 18.9 Å². The van der Waals surface area contributed by atoms with Crippen LogP contribution in [0.3, 0.4) is 0 Å². The molecule has 0 saturated heterocycles. The summed E-state index contributed by atoms with van der Waals surface area (Å²) in [5.74, 6) is -2.13. The molecule has 27 heavy (non-hydrogen) atoms. The minimum absolute atomic E-state index is 0.148. The Balaban J connectivity index is 1.64. The minimum atomic E-state index is -4.83. The van der Waals surface area contributed by atoms with Crippen molar-refractivity contribution in [3.63, 3.8) is 0 Å². The molecule has 2 aromatic carbocycles. The molecule has 3 rings (SSSR count). The number of para-hydroxylation sites is 1. The molecule has 1 heterocycles. The van der Waals surface area contributed by atoms with Crippen molar-refractivity contribution in [3.8, 4) is 5.75 Å². The Morgan fingerprint density at radius 3 is 2.52 bits per heavy atom. The summed E-state index contributed by atoms with van der Waals surface area (Å²) in [6.45, 7) is 0. The molecule has 140 valence electrons. The molecule has 0 spiro atoms. The highest BCUT2D eigenvalue weighted by molar-refractivity contribution is 8.00. The Morgan fingerprint density at radius 1 is 1.07 bits per heavy atom. The van der Waals surface area contributed by atoms with Gasteiger partial charge in [-0.25, -0.2) is 0 Å². The largest absolute Gasteiger partial charge is 0.573 e. The molecule has 0 radical (unpaired) electrons. The van der Waals surface area contributed by atoms with E-state index in [1.54, 1.807) is 0 Å². The quantitative estimate of drug-likeness (QED) is 0.599. The van der Waals surface area contributed by atoms with Gasteiger partial charge < -0.3 is 10.1 Å². The fourth-order valence-electron chi connectivity index (χ4n) is 2.36. The van der Waals surface area contributed by atoms with Crippen molar-refractivity contribution in [2.75, 3.05) is 11.1 Å². The Kier molecular flexibility index (Phi) is 5.08. The number of ether oxygens (including phenoxy) is 1. The number of hydrogen-bond donors (Lipinski definition) is 2. The van der Waals surface area contributed by atoms with Gasteiger partial charge in [-0.15, -0.1) is 24.9 Å². The first-order valence-electron chi connectivity index (χ1n) is 7.50. The first-order valence-corrected chi connectivity index (χ1v) is 8.48. The highest BCUT2D eigenvalue weighted by atomic mass is 32.2. The normalized spacial score (nSPS) is 13.1. The number of fused-ring (bicyclic) bond motifs is 1. The van der Waals surface area contributed by atoms with E-state index < -0.39 is 29.8 Å². The van der Waals surface area contributed by atoms with Gasteiger partial charge in [-0.1, -0.05) is 12.1 Å². The lowest BCUT2D eigenvalue weighted by atomic mass is 10.1. The summed E-state index contributed by atoms with van der Waals surface area (Å²) in [5.41, 5.74) is 0.656. The Hall–Kier alpha value is -3.01. The summed E-state index contributed by atoms with van der Waals surface area (Å²) in [4.78, 5) is 35.3. The number of benzene rings is 2. The van der Waals surface area contributed by atoms with E-state index in [-0.39, 0.29) is 21.8 Å². The average Bonchev–Trinajstić information content (AvgIpc) is 2.87. The van der Waals surface area contributed by atoms with Gasteiger partial charge in [0.1, 0.15) is 5.75 Å². The van der Waals surface area contributed by atoms with Crippen molar-refractivity contribution in [3.05, 3.63) is 53.6 Å². The third-order valence-corrected chi connectivity index (χ3v) is 4.51. The van der Waals surface area contributed by atoms with E-state index in [1.807, 2.05) is 0 Å². The summed E-state index contributed by atoms with van der Waals surface area (Å²) in [6, 6.07) is 9.71. The van der Waals surface area contributed by atoms with E-state index in [0.29, 0.717) is 5.69 Å². The molecule has 10 heteroatoms. The third-order valence-electron chi connectivity index (χ3n) is 3.45. The number of carbonyl (C=O) groups is 3. The van der Waals surface area contributed by atoms with Crippen molar-refractivity contribution in [1.29, 1.82) is 0 Å². The second-order valence-electron chi connectivity index (χ2n) is 5.38. The van der Waals surface area contributed by atoms with E-state index in [0.717, 1.165) is 17.8 Å². The van der Waals surface area contributed by atoms with Crippen molar-refractivity contribution in [2.24, 2.45) is 0 Å². The van der Waals surface area contributed by atoms with Crippen LogP contribution in [0.1, 0.15) is 20.7 Å². The van der Waals surface area contributed by atoms with Crippen LogP contribution < -0.4 is 15.4 Å². The molecule has 1 aliphatic heterocycles. The lowest BCUT2D eigenvalue weighted by Crippen LogP contribution is -2.19. The van der Waals surface area contributed by atoms with E-state index in [1.165, 1.54) is 36.4 Å². The van der Waals surface area contributed by atoms with Crippen LogP contribution in [0.15, 0.2) is 47.4 Å². The van der Waals surface area contributed by atoms with E-state index in [2.05, 4.69) is 15.4 Å². The van der Waals surface area contributed by atoms with Crippen LogP contribution in [0.5, 0.6) is 5.75 Å². The van der Waals surface area contributed by atoms with Crippen LogP contribution in [0.2, 0.25) is 0 Å². The molecule has 0 aromatic heterocycles. The average molecular weight is 396 g/mol. The second kappa shape index (κ2) is 7.31. The number of rotatable bonds is 5. The molecule has 0 aliphatic carbocycles. The van der Waals surface area contributed by atoms with Gasteiger partial charge in [-0.05, 0) is 30.3 Å². The smallest absolute Gasteiger partial charge is 0.405 e. The van der Waals surface area contributed by atoms with E-state index in [4.69, 9.17) is 0 Å². The minimum Gasteiger partial charge on any atom is -0.405 e. The molecule has 0 bridgehead atoms. The first kappa shape index (κ1) is 18.8. The van der Waals surface area contributed by atoms with Crippen LogP contribution in [-0.2, 0) is 4.79 Å². The molecule has 3 amide bonds. The van der Waals surface area contributed by atoms with Gasteiger partial charge in [0, 0.05) is 5.69 Å². The number of alkyl halides is 3. The molecular weight excluding hydrogens is 385 g/mol. The predicted molar refractivity (Wildman–Crippen MR) is 90.7 cm³/mol. The number of nitrogens with one attached hydrogen (secondary N) is 2. The van der Waals surface area contributed by atoms with Crippen molar-refractivity contribution in [2.45, 2.75) is 11.3 Å². The van der Waals surface area contributed by atoms with Crippen molar-refractivity contribution >= 4 is 35.2 Å². The number of anilines is 1. The lowest BCUT2D eigenvalue weighted by Gasteiger charge is -2.12. The fourth-order valence-corrected chi connectivity index (χ4v) is 3.15. The molecule has 0 unspecified atom stereocenters. The number of imide groups is 1. The maximum Gasteiger partial charge on any atom is 0.573 e. The molecule has 2 N–H and O–H groups in total. The first-order chi connectivity index (χ1) is 12.7. The van der Waals surface area contributed by atoms with Gasteiger partial charge in [0.15, 0.2) is 0 Å². The standard InChI is InChI=1S/C17H11F3N2O4S/c18-17(19,20)26-12-3-1-2-4-13(12)27-8-14(23)21-9-5-6-10-11(7-9)16(25)22-15(10)24/h1-7H,8H2,(H,21,23)(H,22,24,25). The highest BCUT2D eigenvalue weighted by Crippen LogP contribution is 2.33. The summed E-state index contributed by atoms with van der Waals surface area (Å²) in [7, 11) is 0. The van der Waals surface area contributed by atoms with E-state index in [9.17, 15) is 27.6 Å². The third kappa shape index (κ3) is 4.59. The molecule has 2 aromatic rings. The summed E-state index contributed by atoms with van der Waals surface area (Å²) in [5, 5.41) is 4.66. The molecule has 0 fully saturated rings. The van der Waals surface area contributed by atoms with Gasteiger partial charge in [-0.2, -0.15) is 0 Å². The summed E-state index contributed by atoms with van der Waals surface area (Å²) < 4.78 is 41.2. The molecule has 0 saturated carbocycles. The van der Waals surface area contributed by atoms with Gasteiger partial charge in [0.2, 0.25) is 5.91 Å². The van der Waals surface area contributed by atoms with Gasteiger partial charge in [0.05, 0.1) is 21.8 Å². The monoisotopic (exact) mass is 396 g/mol. The van der Waals surface area contributed by atoms with Crippen molar-refractivity contribution in [1.82, 2.24) is 5.32 Å². The summed E-state index contributed by atoms with van der Waals surface area (Å²) in [6.07, 6.45) is -4.83. The van der Waals surface area contributed by atoms with Crippen molar-refractivity contribution < 1.29 is 32.3 Å². The number of amides is 3. The second-order valence-corrected chi connectivity index (χ2v) is 6.39. The maximum absolute atomic E-state index is 12.4. The highest BCUT2D eigenvalue weighted by Gasteiger charge is 2.32. The van der Waals surface area contributed by atoms with Gasteiger partial charge in [-0.3, -0.25) is 19.7 Å². The fraction of sp³-hybridized carbons (Fsp3) is 0.118. The summed E-state index contributed by atoms with van der Waals surface area (Å²) >= 11 is 0.871. The Bertz CT molecular complexity index is 931. The van der Waals surface area contributed by atoms with Crippen LogP contribution in [-0.4, -0.2) is 29.8 Å². The van der Waals surface area contributed by atoms with Gasteiger partial charge in [0.25, 0.3) is 11.8 Å². The van der Waals surface area contributed by atoms with Crippen LogP contribution >= 0.6 is 11.8 Å². The number of carbonyl (C=O) groups excluding carboxylic acids is 3. The topological polar surface area (TPSA) is 84.5 Å². The molecule has 6 nitrogen and oxygen atoms in total. The number of hydrogen-bond acceptors (Lipinski definition) is 5.